The first-order chi connectivity index (χ1) is 3.98. The summed E-state index contributed by atoms with van der Waals surface area (Å²) in [6.45, 7) is -0.152. The zero-order valence-electron chi connectivity index (χ0n) is 4.65. The number of aliphatic hydroxyl groups excluding tert-OH is 1. The van der Waals surface area contributed by atoms with E-state index in [9.17, 15) is 13.2 Å². The van der Waals surface area contributed by atoms with E-state index in [2.05, 4.69) is 0 Å². The maximum absolute atomic E-state index is 11.3. The SMILES string of the molecule is NCCC(O)C(F)(F)F. The maximum Gasteiger partial charge on any atom is 0.414 e. The number of halogens is 3. The second-order valence-electron chi connectivity index (χ2n) is 1.63. The molecule has 2 nitrogen and oxygen atoms in total. The Morgan fingerprint density at radius 3 is 2.00 bits per heavy atom. The van der Waals surface area contributed by atoms with Crippen LogP contribution in [0.3, 0.4) is 0 Å². The molecule has 0 bridgehead atoms. The van der Waals surface area contributed by atoms with Crippen LogP contribution in [0.15, 0.2) is 0 Å². The van der Waals surface area contributed by atoms with Gasteiger partial charge in [-0.1, -0.05) is 0 Å². The molecule has 0 saturated heterocycles. The summed E-state index contributed by atoms with van der Waals surface area (Å²) in [5, 5.41) is 8.18. The normalized spacial score (nSPS) is 15.7. The van der Waals surface area contributed by atoms with Gasteiger partial charge in [-0.2, -0.15) is 13.2 Å². The van der Waals surface area contributed by atoms with Crippen LogP contribution in [0.25, 0.3) is 0 Å². The quantitative estimate of drug-likeness (QED) is 0.582. The average Bonchev–Trinajstić information content (AvgIpc) is 1.64. The van der Waals surface area contributed by atoms with Gasteiger partial charge in [-0.15, -0.1) is 0 Å². The van der Waals surface area contributed by atoms with Gasteiger partial charge in [-0.3, -0.25) is 0 Å². The Labute approximate surface area is 50.5 Å². The van der Waals surface area contributed by atoms with Gasteiger partial charge in [0, 0.05) is 0 Å². The summed E-state index contributed by atoms with van der Waals surface area (Å²) < 4.78 is 34.0. The fourth-order valence-corrected chi connectivity index (χ4v) is 0.322. The van der Waals surface area contributed by atoms with Crippen molar-refractivity contribution in [1.82, 2.24) is 0 Å². The van der Waals surface area contributed by atoms with Crippen molar-refractivity contribution < 1.29 is 18.3 Å². The molecule has 0 aromatic rings. The average molecular weight is 143 g/mol. The van der Waals surface area contributed by atoms with E-state index in [-0.39, 0.29) is 6.54 Å². The minimum Gasteiger partial charge on any atom is -0.384 e. The molecule has 0 aliphatic rings. The molecular weight excluding hydrogens is 135 g/mol. The molecule has 0 heterocycles. The first-order valence-corrected chi connectivity index (χ1v) is 2.43. The lowest BCUT2D eigenvalue weighted by molar-refractivity contribution is -0.204. The topological polar surface area (TPSA) is 46.2 Å². The van der Waals surface area contributed by atoms with Crippen LogP contribution >= 0.6 is 0 Å². The van der Waals surface area contributed by atoms with Gasteiger partial charge in [0.25, 0.3) is 0 Å². The van der Waals surface area contributed by atoms with E-state index < -0.39 is 18.7 Å². The fraction of sp³-hybridized carbons (Fsp3) is 1.00. The highest BCUT2D eigenvalue weighted by molar-refractivity contribution is 4.64. The Hall–Kier alpha value is -0.290. The van der Waals surface area contributed by atoms with Crippen LogP contribution in [0.1, 0.15) is 6.42 Å². The second-order valence-corrected chi connectivity index (χ2v) is 1.63. The Morgan fingerprint density at radius 1 is 1.44 bits per heavy atom. The molecule has 56 valence electrons. The molecule has 0 aliphatic heterocycles. The predicted molar refractivity (Wildman–Crippen MR) is 25.7 cm³/mol. The summed E-state index contributed by atoms with van der Waals surface area (Å²) in [5.74, 6) is 0. The molecule has 0 spiro atoms. The third kappa shape index (κ3) is 3.31. The molecule has 0 aromatic carbocycles. The Bertz CT molecular complexity index is 82.4. The maximum atomic E-state index is 11.3. The van der Waals surface area contributed by atoms with Gasteiger partial charge < -0.3 is 10.8 Å². The lowest BCUT2D eigenvalue weighted by Gasteiger charge is -2.12. The van der Waals surface area contributed by atoms with Gasteiger partial charge in [0.1, 0.15) is 0 Å². The van der Waals surface area contributed by atoms with Crippen molar-refractivity contribution in [2.24, 2.45) is 5.73 Å². The number of hydrogen-bond donors (Lipinski definition) is 2. The van der Waals surface area contributed by atoms with E-state index in [1.54, 1.807) is 0 Å². The summed E-state index contributed by atoms with van der Waals surface area (Å²) in [6, 6.07) is 0. The lowest BCUT2D eigenvalue weighted by atomic mass is 10.2. The second kappa shape index (κ2) is 3.03. The minimum absolute atomic E-state index is 0.152. The van der Waals surface area contributed by atoms with Gasteiger partial charge in [-0.25, -0.2) is 0 Å². The molecule has 0 radical (unpaired) electrons. The molecule has 1 atom stereocenters. The van der Waals surface area contributed by atoms with E-state index in [4.69, 9.17) is 10.8 Å². The van der Waals surface area contributed by atoms with Crippen molar-refractivity contribution in [1.29, 1.82) is 0 Å². The number of aliphatic hydroxyl groups is 1. The van der Waals surface area contributed by atoms with Gasteiger partial charge >= 0.3 is 6.18 Å². The zero-order chi connectivity index (χ0) is 7.49. The molecule has 0 fully saturated rings. The highest BCUT2D eigenvalue weighted by atomic mass is 19.4. The van der Waals surface area contributed by atoms with Crippen molar-refractivity contribution in [3.8, 4) is 0 Å². The lowest BCUT2D eigenvalue weighted by Crippen LogP contribution is -2.30. The molecule has 9 heavy (non-hydrogen) atoms. The Morgan fingerprint density at radius 2 is 1.89 bits per heavy atom. The highest BCUT2D eigenvalue weighted by Crippen LogP contribution is 2.21. The van der Waals surface area contributed by atoms with E-state index in [0.29, 0.717) is 0 Å². The first-order valence-electron chi connectivity index (χ1n) is 2.43. The molecule has 0 rings (SSSR count). The molecule has 3 N–H and O–H groups in total. The summed E-state index contributed by atoms with van der Waals surface area (Å²) in [4.78, 5) is 0. The van der Waals surface area contributed by atoms with Gasteiger partial charge in [0.05, 0.1) is 0 Å². The summed E-state index contributed by atoms with van der Waals surface area (Å²) >= 11 is 0. The number of alkyl halides is 3. The van der Waals surface area contributed by atoms with Crippen molar-refractivity contribution in [3.05, 3.63) is 0 Å². The van der Waals surface area contributed by atoms with Crippen LogP contribution in [0.4, 0.5) is 13.2 Å². The largest absolute Gasteiger partial charge is 0.414 e. The van der Waals surface area contributed by atoms with Crippen LogP contribution in [0.5, 0.6) is 0 Å². The number of rotatable bonds is 2. The van der Waals surface area contributed by atoms with Gasteiger partial charge in [0.2, 0.25) is 0 Å². The van der Waals surface area contributed by atoms with E-state index in [1.165, 1.54) is 0 Å². The van der Waals surface area contributed by atoms with Crippen LogP contribution < -0.4 is 5.73 Å². The standard InChI is InChI=1S/C4H8F3NO/c5-4(6,7)3(9)1-2-8/h3,9H,1-2,8H2. The minimum atomic E-state index is -4.51. The third-order valence-electron chi connectivity index (χ3n) is 0.818. The molecule has 0 aliphatic carbocycles. The highest BCUT2D eigenvalue weighted by Gasteiger charge is 2.37. The van der Waals surface area contributed by atoms with Gasteiger partial charge in [0.15, 0.2) is 6.10 Å². The summed E-state index contributed by atoms with van der Waals surface area (Å²) in [7, 11) is 0. The van der Waals surface area contributed by atoms with Crippen molar-refractivity contribution in [2.75, 3.05) is 6.54 Å². The van der Waals surface area contributed by atoms with Gasteiger partial charge in [-0.05, 0) is 13.0 Å². The monoisotopic (exact) mass is 143 g/mol. The smallest absolute Gasteiger partial charge is 0.384 e. The molecule has 0 aromatic heterocycles. The Balaban J connectivity index is 3.59. The van der Waals surface area contributed by atoms with Crippen molar-refractivity contribution >= 4 is 0 Å². The van der Waals surface area contributed by atoms with Crippen molar-refractivity contribution in [3.63, 3.8) is 0 Å². The van der Waals surface area contributed by atoms with Crippen molar-refractivity contribution in [2.45, 2.75) is 18.7 Å². The fourth-order valence-electron chi connectivity index (χ4n) is 0.322. The first kappa shape index (κ1) is 8.71. The third-order valence-corrected chi connectivity index (χ3v) is 0.818. The molecule has 1 unspecified atom stereocenters. The molecule has 5 heteroatoms. The number of hydrogen-bond acceptors (Lipinski definition) is 2. The summed E-state index contributed by atoms with van der Waals surface area (Å²) in [5.41, 5.74) is 4.77. The molecular formula is C4H8F3NO. The zero-order valence-corrected chi connectivity index (χ0v) is 4.65. The molecule has 0 amide bonds. The van der Waals surface area contributed by atoms with E-state index >= 15 is 0 Å². The van der Waals surface area contributed by atoms with Crippen LogP contribution in [-0.2, 0) is 0 Å². The summed E-state index contributed by atoms with van der Waals surface area (Å²) in [6.07, 6.45) is -7.20. The molecule has 0 saturated carbocycles. The van der Waals surface area contributed by atoms with Crippen LogP contribution in [-0.4, -0.2) is 23.9 Å². The Kier molecular flexibility index (Phi) is 2.93. The van der Waals surface area contributed by atoms with Crippen LogP contribution in [0.2, 0.25) is 0 Å². The van der Waals surface area contributed by atoms with E-state index in [0.717, 1.165) is 0 Å². The predicted octanol–water partition coefficient (Wildman–Crippen LogP) is 0.258. The van der Waals surface area contributed by atoms with Crippen LogP contribution in [0, 0.1) is 0 Å². The van der Waals surface area contributed by atoms with E-state index in [1.807, 2.05) is 0 Å². The number of nitrogens with two attached hydrogens (primary N) is 1.